The molecule has 2 N–H and O–H groups in total. The van der Waals surface area contributed by atoms with Crippen LogP contribution in [0, 0.1) is 23.2 Å². The van der Waals surface area contributed by atoms with E-state index < -0.39 is 0 Å². The van der Waals surface area contributed by atoms with Gasteiger partial charge in [0.15, 0.2) is 0 Å². The van der Waals surface area contributed by atoms with Crippen molar-refractivity contribution in [1.82, 2.24) is 10.3 Å². The van der Waals surface area contributed by atoms with E-state index in [-0.39, 0.29) is 17.9 Å². The van der Waals surface area contributed by atoms with Crippen molar-refractivity contribution < 1.29 is 19.1 Å². The summed E-state index contributed by atoms with van der Waals surface area (Å²) in [4.78, 5) is 30.3. The number of anilines is 1. The van der Waals surface area contributed by atoms with Crippen LogP contribution in [0.25, 0.3) is 10.9 Å². The summed E-state index contributed by atoms with van der Waals surface area (Å²) in [5, 5.41) is 15.9. The number of nitrogens with one attached hydrogen (secondary N) is 2. The summed E-state index contributed by atoms with van der Waals surface area (Å²) in [6.07, 6.45) is 7.93. The summed E-state index contributed by atoms with van der Waals surface area (Å²) >= 11 is 1.49. The molecule has 1 saturated carbocycles. The minimum absolute atomic E-state index is 0.0345. The van der Waals surface area contributed by atoms with Gasteiger partial charge in [0.05, 0.1) is 42.4 Å². The molecule has 40 heavy (non-hydrogen) atoms. The van der Waals surface area contributed by atoms with Gasteiger partial charge in [-0.05, 0) is 80.8 Å². The predicted octanol–water partition coefficient (Wildman–Crippen LogP) is 5.50. The molecule has 1 atom stereocenters. The SMILES string of the molecule is N#CCCCOc1ccc2ncc3c(c2c1)CC(C1CCC(NC(=O)c2ccc4c(c2)NC(=O)CS4)CC1)CO3. The molecule has 206 valence electrons. The van der Waals surface area contributed by atoms with E-state index in [1.54, 1.807) is 6.07 Å². The standard InChI is InChI=1S/C31H32N4O4S/c32-11-1-2-12-38-23-8-9-26-24(15-23)25-13-21(17-39-28(25)16-33-26)19-3-6-22(7-4-19)34-31(37)20-5-10-29-27(14-20)35-30(36)18-40-29/h5,8-10,14-16,19,21-22H,1-4,6-7,12-13,17-18H2,(H,34,37)(H,35,36). The fourth-order valence-electron chi connectivity index (χ4n) is 6.02. The van der Waals surface area contributed by atoms with Crippen molar-refractivity contribution in [2.45, 2.75) is 55.9 Å². The van der Waals surface area contributed by atoms with Crippen LogP contribution in [-0.4, -0.2) is 41.8 Å². The summed E-state index contributed by atoms with van der Waals surface area (Å²) in [6, 6.07) is 13.8. The minimum Gasteiger partial charge on any atom is -0.494 e. The summed E-state index contributed by atoms with van der Waals surface area (Å²) in [6.45, 7) is 1.20. The number of hydrogen-bond acceptors (Lipinski definition) is 7. The molecule has 2 aromatic carbocycles. The lowest BCUT2D eigenvalue weighted by atomic mass is 9.75. The van der Waals surface area contributed by atoms with Gasteiger partial charge in [0.25, 0.3) is 5.91 Å². The van der Waals surface area contributed by atoms with Gasteiger partial charge in [-0.15, -0.1) is 11.8 Å². The van der Waals surface area contributed by atoms with Crippen LogP contribution in [0.1, 0.15) is 54.4 Å². The van der Waals surface area contributed by atoms with Crippen molar-refractivity contribution in [3.05, 3.63) is 53.7 Å². The Morgan fingerprint density at radius 1 is 1.18 bits per heavy atom. The van der Waals surface area contributed by atoms with Gasteiger partial charge >= 0.3 is 0 Å². The highest BCUT2D eigenvalue weighted by molar-refractivity contribution is 8.00. The molecule has 0 spiro atoms. The summed E-state index contributed by atoms with van der Waals surface area (Å²) in [5.41, 5.74) is 3.42. The topological polar surface area (TPSA) is 113 Å². The first-order chi connectivity index (χ1) is 19.6. The number of benzene rings is 2. The van der Waals surface area contributed by atoms with Gasteiger partial charge in [-0.25, -0.2) is 0 Å². The number of nitrogens with zero attached hydrogens (tertiary/aromatic N) is 2. The zero-order valence-electron chi connectivity index (χ0n) is 22.3. The molecule has 3 heterocycles. The normalized spacial score (nSPS) is 21.8. The predicted molar refractivity (Wildman–Crippen MR) is 154 cm³/mol. The number of unbranched alkanes of at least 4 members (excludes halogenated alkanes) is 1. The van der Waals surface area contributed by atoms with Crippen molar-refractivity contribution in [2.24, 2.45) is 11.8 Å². The number of fused-ring (bicyclic) bond motifs is 4. The van der Waals surface area contributed by atoms with Crippen molar-refractivity contribution in [1.29, 1.82) is 5.26 Å². The van der Waals surface area contributed by atoms with E-state index in [1.807, 2.05) is 30.5 Å². The second kappa shape index (κ2) is 11.8. The molecular formula is C31H32N4O4S. The third-order valence-electron chi connectivity index (χ3n) is 8.18. The summed E-state index contributed by atoms with van der Waals surface area (Å²) in [7, 11) is 0. The maximum atomic E-state index is 13.0. The van der Waals surface area contributed by atoms with E-state index in [2.05, 4.69) is 27.8 Å². The molecule has 1 fully saturated rings. The maximum absolute atomic E-state index is 13.0. The largest absolute Gasteiger partial charge is 0.494 e. The molecule has 2 amide bonds. The molecule has 1 unspecified atom stereocenters. The Morgan fingerprint density at radius 2 is 2.05 bits per heavy atom. The molecule has 0 saturated heterocycles. The van der Waals surface area contributed by atoms with Crippen LogP contribution in [0.2, 0.25) is 0 Å². The van der Waals surface area contributed by atoms with Crippen molar-refractivity contribution in [3.63, 3.8) is 0 Å². The van der Waals surface area contributed by atoms with Gasteiger partial charge in [-0.1, -0.05) is 0 Å². The third-order valence-corrected chi connectivity index (χ3v) is 9.25. The zero-order valence-corrected chi connectivity index (χ0v) is 23.1. The fraction of sp³-hybridized carbons (Fsp3) is 0.419. The number of carbonyl (C=O) groups is 2. The molecule has 1 aromatic heterocycles. The monoisotopic (exact) mass is 556 g/mol. The average molecular weight is 557 g/mol. The highest BCUT2D eigenvalue weighted by Crippen LogP contribution is 2.40. The van der Waals surface area contributed by atoms with Crippen LogP contribution in [-0.2, 0) is 11.2 Å². The molecule has 3 aromatic rings. The van der Waals surface area contributed by atoms with Gasteiger partial charge in [-0.3, -0.25) is 14.6 Å². The van der Waals surface area contributed by atoms with Gasteiger partial charge in [0.2, 0.25) is 5.91 Å². The van der Waals surface area contributed by atoms with E-state index in [4.69, 9.17) is 14.7 Å². The van der Waals surface area contributed by atoms with E-state index in [9.17, 15) is 9.59 Å². The molecule has 3 aliphatic rings. The Balaban J connectivity index is 1.07. The Bertz CT molecular complexity index is 1480. The number of ether oxygens (including phenoxy) is 2. The Hall–Kier alpha value is -3.77. The summed E-state index contributed by atoms with van der Waals surface area (Å²) < 4.78 is 12.1. The lowest BCUT2D eigenvalue weighted by Crippen LogP contribution is -2.40. The van der Waals surface area contributed by atoms with E-state index in [0.29, 0.717) is 49.2 Å². The lowest BCUT2D eigenvalue weighted by molar-refractivity contribution is -0.113. The van der Waals surface area contributed by atoms with Gasteiger partial charge in [0, 0.05) is 39.8 Å². The molecule has 2 aliphatic heterocycles. The van der Waals surface area contributed by atoms with Crippen molar-refractivity contribution in [3.8, 4) is 17.6 Å². The number of hydrogen-bond donors (Lipinski definition) is 2. The number of pyridine rings is 1. The molecule has 6 rings (SSSR count). The molecular weight excluding hydrogens is 524 g/mol. The molecule has 9 heteroatoms. The van der Waals surface area contributed by atoms with E-state index >= 15 is 0 Å². The van der Waals surface area contributed by atoms with Gasteiger partial charge in [0.1, 0.15) is 11.5 Å². The van der Waals surface area contributed by atoms with Crippen LogP contribution < -0.4 is 20.1 Å². The second-order valence-corrected chi connectivity index (χ2v) is 11.8. The van der Waals surface area contributed by atoms with Crippen molar-refractivity contribution >= 4 is 40.2 Å². The van der Waals surface area contributed by atoms with Crippen LogP contribution in [0.15, 0.2) is 47.5 Å². The highest BCUT2D eigenvalue weighted by atomic mass is 32.2. The third kappa shape index (κ3) is 5.73. The fourth-order valence-corrected chi connectivity index (χ4v) is 6.81. The first kappa shape index (κ1) is 26.5. The molecule has 0 radical (unpaired) electrons. The second-order valence-electron chi connectivity index (χ2n) is 10.8. The Kier molecular flexibility index (Phi) is 7.78. The van der Waals surface area contributed by atoms with E-state index in [0.717, 1.165) is 65.1 Å². The smallest absolute Gasteiger partial charge is 0.251 e. The van der Waals surface area contributed by atoms with Crippen LogP contribution in [0.5, 0.6) is 11.5 Å². The van der Waals surface area contributed by atoms with E-state index in [1.165, 1.54) is 17.3 Å². The molecule has 0 bridgehead atoms. The van der Waals surface area contributed by atoms with Crippen LogP contribution in [0.4, 0.5) is 5.69 Å². The maximum Gasteiger partial charge on any atom is 0.251 e. The number of rotatable bonds is 7. The lowest BCUT2D eigenvalue weighted by Gasteiger charge is -2.36. The first-order valence-electron chi connectivity index (χ1n) is 14.0. The Labute approximate surface area is 237 Å². The number of nitriles is 1. The van der Waals surface area contributed by atoms with Gasteiger partial charge < -0.3 is 20.1 Å². The van der Waals surface area contributed by atoms with Crippen molar-refractivity contribution in [2.75, 3.05) is 24.3 Å². The number of carbonyl (C=O) groups excluding carboxylic acids is 2. The minimum atomic E-state index is -0.0874. The quantitative estimate of drug-likeness (QED) is 0.369. The highest BCUT2D eigenvalue weighted by Gasteiger charge is 2.32. The number of amides is 2. The molecule has 8 nitrogen and oxygen atoms in total. The molecule has 1 aliphatic carbocycles. The average Bonchev–Trinajstić information content (AvgIpc) is 2.99. The van der Waals surface area contributed by atoms with Crippen LogP contribution in [0.3, 0.4) is 0 Å². The van der Waals surface area contributed by atoms with Gasteiger partial charge in [-0.2, -0.15) is 5.26 Å². The summed E-state index contributed by atoms with van der Waals surface area (Å²) in [5.74, 6) is 2.88. The number of aromatic nitrogens is 1. The first-order valence-corrected chi connectivity index (χ1v) is 15.0. The number of thioether (sulfide) groups is 1. The zero-order chi connectivity index (χ0) is 27.5. The van der Waals surface area contributed by atoms with Crippen LogP contribution >= 0.6 is 11.8 Å². The Morgan fingerprint density at radius 3 is 2.90 bits per heavy atom.